The summed E-state index contributed by atoms with van der Waals surface area (Å²) in [5, 5.41) is 7.74. The zero-order valence-electron chi connectivity index (χ0n) is 12.8. The highest BCUT2D eigenvalue weighted by Gasteiger charge is 2.20. The third-order valence-corrected chi connectivity index (χ3v) is 3.67. The Morgan fingerprint density at radius 3 is 2.57 bits per heavy atom. The fraction of sp³-hybridized carbons (Fsp3) is 0.538. The van der Waals surface area contributed by atoms with Crippen LogP contribution in [0.15, 0.2) is 21.0 Å². The molecule has 2 rings (SSSR count). The number of aromatic amines is 1. The molecule has 0 aliphatic carbocycles. The maximum Gasteiger partial charge on any atom is 0.344 e. The van der Waals surface area contributed by atoms with Crippen LogP contribution < -0.4 is 11.4 Å². The van der Waals surface area contributed by atoms with Crippen molar-refractivity contribution in [1.82, 2.24) is 24.7 Å². The first kappa shape index (κ1) is 15.6. The van der Waals surface area contributed by atoms with Gasteiger partial charge in [-0.3, -0.25) is 4.57 Å². The lowest BCUT2D eigenvalue weighted by atomic mass is 9.96. The van der Waals surface area contributed by atoms with Crippen LogP contribution in [-0.2, 0) is 5.41 Å². The number of nitrogens with one attached hydrogen (secondary N) is 1. The van der Waals surface area contributed by atoms with Crippen molar-refractivity contribution in [2.45, 2.75) is 56.3 Å². The van der Waals surface area contributed by atoms with E-state index in [1.165, 1.54) is 11.8 Å². The topological polar surface area (TPSA) is 102 Å². The van der Waals surface area contributed by atoms with Crippen LogP contribution in [0.1, 0.15) is 46.5 Å². The summed E-state index contributed by atoms with van der Waals surface area (Å²) < 4.78 is 1.58. The summed E-state index contributed by atoms with van der Waals surface area (Å²) in [6.07, 6.45) is 0. The predicted molar refractivity (Wildman–Crippen MR) is 82.5 cm³/mol. The molecule has 2 aromatic rings. The van der Waals surface area contributed by atoms with Crippen LogP contribution in [0.3, 0.4) is 0 Å². The molecule has 0 aliphatic rings. The van der Waals surface area contributed by atoms with Gasteiger partial charge in [0.05, 0.1) is 0 Å². The molecule has 0 saturated carbocycles. The normalized spacial score (nSPS) is 12.1. The van der Waals surface area contributed by atoms with Gasteiger partial charge in [0.25, 0.3) is 0 Å². The first-order valence-electron chi connectivity index (χ1n) is 6.68. The van der Waals surface area contributed by atoms with E-state index in [0.717, 1.165) is 0 Å². The molecule has 2 aromatic heterocycles. The number of nitrogens with two attached hydrogens (primary N) is 1. The van der Waals surface area contributed by atoms with E-state index >= 15 is 0 Å². The fourth-order valence-corrected chi connectivity index (χ4v) is 2.72. The molecule has 2 heterocycles. The van der Waals surface area contributed by atoms with Gasteiger partial charge in [-0.05, 0) is 25.6 Å². The molecule has 0 aliphatic heterocycles. The summed E-state index contributed by atoms with van der Waals surface area (Å²) in [4.78, 5) is 20.5. The zero-order chi connectivity index (χ0) is 15.8. The number of rotatable bonds is 3. The highest BCUT2D eigenvalue weighted by Crippen LogP contribution is 2.28. The largest absolute Gasteiger partial charge is 0.384 e. The number of anilines is 1. The van der Waals surface area contributed by atoms with Gasteiger partial charge in [-0.25, -0.2) is 19.9 Å². The molecule has 0 radical (unpaired) electrons. The van der Waals surface area contributed by atoms with E-state index in [2.05, 4.69) is 20.2 Å². The minimum absolute atomic E-state index is 0.0139. The Kier molecular flexibility index (Phi) is 4.08. The first-order valence-corrected chi connectivity index (χ1v) is 7.50. The number of nitrogens with zero attached hydrogens (tertiary/aromatic N) is 4. The van der Waals surface area contributed by atoms with E-state index in [4.69, 9.17) is 5.73 Å². The first-order chi connectivity index (χ1) is 9.68. The molecule has 3 N–H and O–H groups in total. The van der Waals surface area contributed by atoms with Gasteiger partial charge in [-0.15, -0.1) is 5.10 Å². The Labute approximate surface area is 127 Å². The average Bonchev–Trinajstić information content (AvgIpc) is 2.68. The van der Waals surface area contributed by atoms with Gasteiger partial charge >= 0.3 is 5.69 Å². The second-order valence-electron chi connectivity index (χ2n) is 6.08. The maximum atomic E-state index is 11.7. The van der Waals surface area contributed by atoms with Gasteiger partial charge in [0.2, 0.25) is 0 Å². The summed E-state index contributed by atoms with van der Waals surface area (Å²) in [7, 11) is 0. The molecule has 0 saturated heterocycles. The minimum Gasteiger partial charge on any atom is -0.384 e. The van der Waals surface area contributed by atoms with Crippen molar-refractivity contribution in [3.63, 3.8) is 0 Å². The third kappa shape index (κ3) is 3.44. The molecular formula is C13H20N6OS. The molecular weight excluding hydrogens is 288 g/mol. The Morgan fingerprint density at radius 2 is 2.00 bits per heavy atom. The van der Waals surface area contributed by atoms with E-state index in [1.807, 2.05) is 34.6 Å². The molecule has 0 unspecified atom stereocenters. The van der Waals surface area contributed by atoms with E-state index in [9.17, 15) is 4.79 Å². The molecule has 114 valence electrons. The van der Waals surface area contributed by atoms with Gasteiger partial charge in [-0.2, -0.15) is 0 Å². The number of hydrogen-bond acceptors (Lipinski definition) is 6. The van der Waals surface area contributed by atoms with E-state index in [1.54, 1.807) is 10.6 Å². The number of aromatic nitrogens is 5. The van der Waals surface area contributed by atoms with Crippen LogP contribution in [0.5, 0.6) is 0 Å². The lowest BCUT2D eigenvalue weighted by Gasteiger charge is -2.17. The van der Waals surface area contributed by atoms with Crippen molar-refractivity contribution in [2.24, 2.45) is 0 Å². The summed E-state index contributed by atoms with van der Waals surface area (Å²) in [6, 6.07) is 1.70. The van der Waals surface area contributed by atoms with Crippen molar-refractivity contribution in [3.8, 4) is 0 Å². The van der Waals surface area contributed by atoms with Crippen LogP contribution in [0.4, 0.5) is 5.82 Å². The van der Waals surface area contributed by atoms with Crippen molar-refractivity contribution in [3.05, 3.63) is 22.4 Å². The molecule has 21 heavy (non-hydrogen) atoms. The van der Waals surface area contributed by atoms with Crippen molar-refractivity contribution in [1.29, 1.82) is 0 Å². The van der Waals surface area contributed by atoms with Crippen LogP contribution >= 0.6 is 11.8 Å². The number of nitrogen functional groups attached to an aromatic ring is 1. The SMILES string of the molecule is CC(C)n1c(Sc2cc(N)nc(C(C)(C)C)n2)n[nH]c1=O. The molecule has 0 amide bonds. The third-order valence-electron chi connectivity index (χ3n) is 2.78. The monoisotopic (exact) mass is 308 g/mol. The number of hydrogen-bond donors (Lipinski definition) is 2. The highest BCUT2D eigenvalue weighted by atomic mass is 32.2. The summed E-state index contributed by atoms with van der Waals surface area (Å²) >= 11 is 1.30. The van der Waals surface area contributed by atoms with E-state index in [-0.39, 0.29) is 17.1 Å². The second-order valence-corrected chi connectivity index (χ2v) is 7.07. The lowest BCUT2D eigenvalue weighted by molar-refractivity contribution is 0.531. The van der Waals surface area contributed by atoms with Crippen LogP contribution in [0.2, 0.25) is 0 Å². The molecule has 0 spiro atoms. The van der Waals surface area contributed by atoms with Gasteiger partial charge in [0.15, 0.2) is 5.16 Å². The second kappa shape index (κ2) is 5.51. The van der Waals surface area contributed by atoms with Gasteiger partial charge in [0.1, 0.15) is 16.7 Å². The molecule has 0 atom stereocenters. The van der Waals surface area contributed by atoms with Gasteiger partial charge in [0, 0.05) is 17.5 Å². The van der Waals surface area contributed by atoms with Gasteiger partial charge in [-0.1, -0.05) is 20.8 Å². The average molecular weight is 308 g/mol. The number of H-pyrrole nitrogens is 1. The van der Waals surface area contributed by atoms with Crippen LogP contribution in [0, 0.1) is 0 Å². The zero-order valence-corrected chi connectivity index (χ0v) is 13.7. The molecule has 0 aromatic carbocycles. The molecule has 7 nitrogen and oxygen atoms in total. The standard InChI is InChI=1S/C13H20N6OS/c1-7(2)19-11(20)17-18-12(19)21-9-6-8(14)15-10(16-9)13(3,4)5/h6-7H,1-5H3,(H,17,20)(H2,14,15,16). The van der Waals surface area contributed by atoms with Crippen LogP contribution in [0.25, 0.3) is 0 Å². The molecule has 0 bridgehead atoms. The predicted octanol–water partition coefficient (Wildman–Crippen LogP) is 1.97. The van der Waals surface area contributed by atoms with Crippen molar-refractivity contribution in [2.75, 3.05) is 5.73 Å². The van der Waals surface area contributed by atoms with Crippen molar-refractivity contribution >= 4 is 17.6 Å². The Bertz CT molecular complexity index is 697. The highest BCUT2D eigenvalue weighted by molar-refractivity contribution is 7.99. The van der Waals surface area contributed by atoms with E-state index < -0.39 is 0 Å². The Balaban J connectivity index is 2.41. The summed E-state index contributed by atoms with van der Waals surface area (Å²) in [5.74, 6) is 1.07. The Hall–Kier alpha value is -1.83. The quantitative estimate of drug-likeness (QED) is 0.840. The fourth-order valence-electron chi connectivity index (χ4n) is 1.74. The Morgan fingerprint density at radius 1 is 1.33 bits per heavy atom. The summed E-state index contributed by atoms with van der Waals surface area (Å²) in [5.41, 5.74) is 5.42. The minimum atomic E-state index is -0.231. The van der Waals surface area contributed by atoms with E-state index in [0.29, 0.717) is 21.8 Å². The van der Waals surface area contributed by atoms with Crippen molar-refractivity contribution < 1.29 is 0 Å². The molecule has 0 fully saturated rings. The van der Waals surface area contributed by atoms with Gasteiger partial charge < -0.3 is 5.73 Å². The maximum absolute atomic E-state index is 11.7. The summed E-state index contributed by atoms with van der Waals surface area (Å²) in [6.45, 7) is 9.92. The molecule has 8 heteroatoms. The lowest BCUT2D eigenvalue weighted by Crippen LogP contribution is -2.19. The smallest absolute Gasteiger partial charge is 0.344 e. The van der Waals surface area contributed by atoms with Crippen LogP contribution in [-0.4, -0.2) is 24.7 Å².